The summed E-state index contributed by atoms with van der Waals surface area (Å²) in [7, 11) is 0. The highest BCUT2D eigenvalue weighted by Gasteiger charge is 2.27. The van der Waals surface area contributed by atoms with Crippen molar-refractivity contribution < 1.29 is 4.74 Å². The lowest BCUT2D eigenvalue weighted by molar-refractivity contribution is 0.483. The molecule has 0 amide bonds. The summed E-state index contributed by atoms with van der Waals surface area (Å²) in [4.78, 5) is 12.3. The number of para-hydroxylation sites is 2. The van der Waals surface area contributed by atoms with Gasteiger partial charge in [-0.1, -0.05) is 68.8 Å². The molecule has 0 saturated heterocycles. The molecule has 268 valence electrons. The Morgan fingerprint density at radius 1 is 0.685 bits per heavy atom. The Kier molecular flexibility index (Phi) is 7.78. The minimum atomic E-state index is -0.00652. The molecule has 0 atom stereocenters. The number of aromatic nitrogens is 4. The van der Waals surface area contributed by atoms with E-state index < -0.39 is 0 Å². The molecule has 0 bridgehead atoms. The molecule has 1 aliphatic rings. The summed E-state index contributed by atoms with van der Waals surface area (Å²) in [5, 5.41) is 2.35. The third-order valence-corrected chi connectivity index (χ3v) is 11.1. The SMILES string of the molecule is Cc1cc(C)c(-c2cc(Oc3ccc4c5ccccc5n(-c5cc(C(C)(C)C)ccn5)c4c3)cc(N3Cn4c(nc(C)c4C)-c4ccccc43)c2)c(C)c1. The van der Waals surface area contributed by atoms with Crippen LogP contribution in [0.1, 0.15) is 54.4 Å². The number of pyridine rings is 1. The van der Waals surface area contributed by atoms with E-state index in [9.17, 15) is 0 Å². The molecule has 0 fully saturated rings. The van der Waals surface area contributed by atoms with Crippen molar-refractivity contribution in [2.75, 3.05) is 4.90 Å². The molecular weight excluding hydrogens is 663 g/mol. The van der Waals surface area contributed by atoms with Crippen LogP contribution in [0.15, 0.2) is 115 Å². The second kappa shape index (κ2) is 12.5. The first-order valence-electron chi connectivity index (χ1n) is 18.8. The lowest BCUT2D eigenvalue weighted by Gasteiger charge is -2.33. The van der Waals surface area contributed by atoms with Gasteiger partial charge in [-0.25, -0.2) is 9.97 Å². The molecular formula is C48H45N5O. The smallest absolute Gasteiger partial charge is 0.144 e. The first kappa shape index (κ1) is 33.7. The van der Waals surface area contributed by atoms with Crippen LogP contribution >= 0.6 is 0 Å². The minimum Gasteiger partial charge on any atom is -0.457 e. The number of ether oxygens (including phenoxy) is 1. The van der Waals surface area contributed by atoms with Gasteiger partial charge in [-0.3, -0.25) is 4.57 Å². The van der Waals surface area contributed by atoms with E-state index in [0.29, 0.717) is 6.67 Å². The fraction of sp³-hybridized carbons (Fsp3) is 0.208. The van der Waals surface area contributed by atoms with Gasteiger partial charge in [-0.05, 0) is 122 Å². The van der Waals surface area contributed by atoms with Gasteiger partial charge in [0, 0.05) is 46.0 Å². The predicted molar refractivity (Wildman–Crippen MR) is 223 cm³/mol. The van der Waals surface area contributed by atoms with E-state index in [1.54, 1.807) is 0 Å². The van der Waals surface area contributed by atoms with Gasteiger partial charge in [0.15, 0.2) is 0 Å². The van der Waals surface area contributed by atoms with Gasteiger partial charge in [0.2, 0.25) is 0 Å². The van der Waals surface area contributed by atoms with Gasteiger partial charge >= 0.3 is 0 Å². The van der Waals surface area contributed by atoms with Crippen LogP contribution in [0, 0.1) is 34.6 Å². The van der Waals surface area contributed by atoms with Crippen molar-refractivity contribution in [2.24, 2.45) is 0 Å². The largest absolute Gasteiger partial charge is 0.457 e. The highest BCUT2D eigenvalue weighted by Crippen LogP contribution is 2.44. The second-order valence-electron chi connectivity index (χ2n) is 15.9. The summed E-state index contributed by atoms with van der Waals surface area (Å²) in [5.41, 5.74) is 15.0. The highest BCUT2D eigenvalue weighted by molar-refractivity contribution is 6.09. The first-order chi connectivity index (χ1) is 25.9. The van der Waals surface area contributed by atoms with Crippen LogP contribution in [-0.2, 0) is 12.1 Å². The summed E-state index contributed by atoms with van der Waals surface area (Å²) < 4.78 is 11.5. The number of nitrogens with zero attached hydrogens (tertiary/aromatic N) is 5. The molecule has 6 nitrogen and oxygen atoms in total. The van der Waals surface area contributed by atoms with Crippen LogP contribution in [0.2, 0.25) is 0 Å². The van der Waals surface area contributed by atoms with E-state index in [-0.39, 0.29) is 5.41 Å². The maximum Gasteiger partial charge on any atom is 0.144 e. The first-order valence-corrected chi connectivity index (χ1v) is 18.8. The van der Waals surface area contributed by atoms with E-state index in [1.165, 1.54) is 38.9 Å². The zero-order valence-electron chi connectivity index (χ0n) is 32.3. The molecule has 0 saturated carbocycles. The molecule has 0 radical (unpaired) electrons. The molecule has 1 aliphatic heterocycles. The van der Waals surface area contributed by atoms with Crippen LogP contribution in [-0.4, -0.2) is 19.1 Å². The van der Waals surface area contributed by atoms with Crippen molar-refractivity contribution in [3.8, 4) is 39.8 Å². The highest BCUT2D eigenvalue weighted by atomic mass is 16.5. The monoisotopic (exact) mass is 707 g/mol. The van der Waals surface area contributed by atoms with E-state index >= 15 is 0 Å². The number of imidazole rings is 1. The molecule has 0 unspecified atom stereocenters. The van der Waals surface area contributed by atoms with Crippen molar-refractivity contribution in [3.63, 3.8) is 0 Å². The molecule has 9 rings (SSSR count). The number of hydrogen-bond acceptors (Lipinski definition) is 4. The molecule has 0 N–H and O–H groups in total. The van der Waals surface area contributed by atoms with Crippen LogP contribution in [0.4, 0.5) is 11.4 Å². The third-order valence-electron chi connectivity index (χ3n) is 11.1. The maximum atomic E-state index is 6.95. The van der Waals surface area contributed by atoms with E-state index in [4.69, 9.17) is 14.7 Å². The standard InChI is InChI=1S/C48H45N5O/c1-29-21-30(2)46(31(3)22-29)34-23-36(52-28-51-33(5)32(4)50-47(51)41-14-10-11-15-42(41)52)26-38(24-34)54-37-17-18-40-39-13-9-12-16-43(39)53(44(40)27-37)45-25-35(19-20-49-45)48(6,7)8/h9-27H,28H2,1-8H3. The average molecular weight is 708 g/mol. The zero-order chi connectivity index (χ0) is 37.5. The van der Waals surface area contributed by atoms with Gasteiger partial charge < -0.3 is 14.2 Å². The number of hydrogen-bond donors (Lipinski definition) is 0. The quantitative estimate of drug-likeness (QED) is 0.179. The second-order valence-corrected chi connectivity index (χ2v) is 15.9. The average Bonchev–Trinajstić information content (AvgIpc) is 3.63. The van der Waals surface area contributed by atoms with Gasteiger partial charge in [0.1, 0.15) is 29.8 Å². The summed E-state index contributed by atoms with van der Waals surface area (Å²) in [6.07, 6.45) is 1.92. The van der Waals surface area contributed by atoms with E-state index in [2.05, 4.69) is 179 Å². The number of aryl methyl sites for hydroxylation is 4. The molecule has 8 aromatic rings. The molecule has 54 heavy (non-hydrogen) atoms. The number of benzene rings is 5. The zero-order valence-corrected chi connectivity index (χ0v) is 32.3. The Balaban J connectivity index is 1.21. The van der Waals surface area contributed by atoms with Gasteiger partial charge in [-0.15, -0.1) is 0 Å². The van der Waals surface area contributed by atoms with Crippen molar-refractivity contribution in [2.45, 2.75) is 67.5 Å². The van der Waals surface area contributed by atoms with Crippen LogP contribution in [0.25, 0.3) is 50.1 Å². The Morgan fingerprint density at radius 3 is 2.22 bits per heavy atom. The van der Waals surface area contributed by atoms with Crippen molar-refractivity contribution in [1.29, 1.82) is 0 Å². The van der Waals surface area contributed by atoms with Gasteiger partial charge in [-0.2, -0.15) is 0 Å². The van der Waals surface area contributed by atoms with E-state index in [0.717, 1.165) is 67.8 Å². The molecule has 0 spiro atoms. The maximum absolute atomic E-state index is 6.95. The van der Waals surface area contributed by atoms with Gasteiger partial charge in [0.25, 0.3) is 0 Å². The molecule has 5 aromatic carbocycles. The topological polar surface area (TPSA) is 48.1 Å². The lowest BCUT2D eigenvalue weighted by atomic mass is 9.88. The van der Waals surface area contributed by atoms with Crippen molar-refractivity contribution >= 4 is 33.2 Å². The summed E-state index contributed by atoms with van der Waals surface area (Å²) >= 11 is 0. The summed E-state index contributed by atoms with van der Waals surface area (Å²) in [6, 6.07) is 39.1. The molecule has 6 heteroatoms. The molecule has 3 aromatic heterocycles. The fourth-order valence-electron chi connectivity index (χ4n) is 8.35. The minimum absolute atomic E-state index is 0.00652. The van der Waals surface area contributed by atoms with E-state index in [1.807, 2.05) is 6.20 Å². The Labute approximate surface area is 317 Å². The number of fused-ring (bicyclic) bond motifs is 6. The normalized spacial score (nSPS) is 12.7. The fourth-order valence-corrected chi connectivity index (χ4v) is 8.35. The Bertz CT molecular complexity index is 2750. The van der Waals surface area contributed by atoms with Crippen LogP contribution < -0.4 is 9.64 Å². The number of rotatable bonds is 5. The van der Waals surface area contributed by atoms with Crippen LogP contribution in [0.3, 0.4) is 0 Å². The lowest BCUT2D eigenvalue weighted by Crippen LogP contribution is -2.27. The Morgan fingerprint density at radius 2 is 1.43 bits per heavy atom. The van der Waals surface area contributed by atoms with Crippen molar-refractivity contribution in [3.05, 3.63) is 149 Å². The van der Waals surface area contributed by atoms with Crippen molar-refractivity contribution in [1.82, 2.24) is 19.1 Å². The van der Waals surface area contributed by atoms with Gasteiger partial charge in [0.05, 0.1) is 22.4 Å². The predicted octanol–water partition coefficient (Wildman–Crippen LogP) is 12.5. The Hall–Kier alpha value is -6.14. The molecule has 4 heterocycles. The summed E-state index contributed by atoms with van der Waals surface area (Å²) in [6.45, 7) is 18.2. The summed E-state index contributed by atoms with van der Waals surface area (Å²) in [5.74, 6) is 3.45. The molecule has 0 aliphatic carbocycles. The number of anilines is 2. The van der Waals surface area contributed by atoms with Crippen LogP contribution in [0.5, 0.6) is 11.5 Å². The third kappa shape index (κ3) is 5.56.